The summed E-state index contributed by atoms with van der Waals surface area (Å²) in [6.07, 6.45) is 1.15. The molecule has 0 fully saturated rings. The number of hydrogen-bond acceptors (Lipinski definition) is 9. The molecule has 0 aliphatic carbocycles. The van der Waals surface area contributed by atoms with Crippen LogP contribution >= 0.6 is 11.3 Å². The lowest BCUT2D eigenvalue weighted by molar-refractivity contribution is -0.380. The first kappa shape index (κ1) is 17.9. The second kappa shape index (κ2) is 8.43. The molecule has 2 aromatic rings. The highest BCUT2D eigenvalue weighted by Gasteiger charge is 2.11. The van der Waals surface area contributed by atoms with E-state index in [-0.39, 0.29) is 23.3 Å². The maximum atomic E-state index is 10.6. The van der Waals surface area contributed by atoms with Gasteiger partial charge in [0.25, 0.3) is 0 Å². The molecule has 9 nitrogen and oxygen atoms in total. The van der Waals surface area contributed by atoms with E-state index < -0.39 is 4.92 Å². The minimum absolute atomic E-state index is 0.0106. The first-order valence-electron chi connectivity index (χ1n) is 7.14. The van der Waals surface area contributed by atoms with Crippen molar-refractivity contribution >= 4 is 32.8 Å². The number of nitro groups is 1. The fourth-order valence-corrected chi connectivity index (χ4v) is 2.60. The van der Waals surface area contributed by atoms with E-state index in [9.17, 15) is 10.1 Å². The molecule has 0 saturated heterocycles. The average Bonchev–Trinajstić information content (AvgIpc) is 3.03. The van der Waals surface area contributed by atoms with Crippen LogP contribution in [0.3, 0.4) is 0 Å². The third kappa shape index (κ3) is 4.54. The van der Waals surface area contributed by atoms with Crippen LogP contribution in [0.25, 0.3) is 0 Å². The van der Waals surface area contributed by atoms with Crippen LogP contribution in [0.1, 0.15) is 5.56 Å². The van der Waals surface area contributed by atoms with Crippen molar-refractivity contribution in [2.45, 2.75) is 6.92 Å². The zero-order valence-electron chi connectivity index (χ0n) is 13.0. The van der Waals surface area contributed by atoms with Crippen molar-refractivity contribution in [3.05, 3.63) is 40.1 Å². The molecule has 1 heterocycles. The first-order chi connectivity index (χ1) is 11.5. The zero-order chi connectivity index (χ0) is 17.5. The van der Waals surface area contributed by atoms with Crippen molar-refractivity contribution in [1.29, 1.82) is 0 Å². The van der Waals surface area contributed by atoms with Gasteiger partial charge in [-0.15, -0.1) is 10.2 Å². The van der Waals surface area contributed by atoms with Gasteiger partial charge in [-0.3, -0.25) is 10.1 Å². The number of aliphatic hydroxyl groups excluding tert-OH is 2. The first-order valence-corrected chi connectivity index (χ1v) is 7.96. The molecule has 0 bridgehead atoms. The van der Waals surface area contributed by atoms with Crippen LogP contribution in [0, 0.1) is 17.0 Å². The predicted molar refractivity (Wildman–Crippen MR) is 90.5 cm³/mol. The monoisotopic (exact) mass is 351 g/mol. The number of rotatable bonds is 8. The summed E-state index contributed by atoms with van der Waals surface area (Å²) in [6, 6.07) is 5.46. The van der Waals surface area contributed by atoms with E-state index in [1.807, 2.05) is 24.0 Å². The van der Waals surface area contributed by atoms with E-state index in [1.165, 1.54) is 0 Å². The highest BCUT2D eigenvalue weighted by Crippen LogP contribution is 2.30. The van der Waals surface area contributed by atoms with Gasteiger partial charge in [-0.05, 0) is 42.0 Å². The Balaban J connectivity index is 2.16. The number of benzene rings is 1. The molecule has 2 N–H and O–H groups in total. The Bertz CT molecular complexity index is 728. The van der Waals surface area contributed by atoms with Crippen molar-refractivity contribution in [1.82, 2.24) is 4.98 Å². The van der Waals surface area contributed by atoms with Gasteiger partial charge in [0.2, 0.25) is 5.13 Å². The summed E-state index contributed by atoms with van der Waals surface area (Å²) in [6.45, 7) is 2.68. The van der Waals surface area contributed by atoms with E-state index in [1.54, 1.807) is 6.07 Å². The molecule has 2 rings (SSSR count). The topological polar surface area (TPSA) is 124 Å². The van der Waals surface area contributed by atoms with Gasteiger partial charge in [0.05, 0.1) is 23.8 Å². The quantitative estimate of drug-likeness (QED) is 0.428. The minimum atomic E-state index is -0.520. The van der Waals surface area contributed by atoms with Crippen LogP contribution in [0.2, 0.25) is 0 Å². The van der Waals surface area contributed by atoms with E-state index in [4.69, 9.17) is 10.2 Å². The Labute approximate surface area is 142 Å². The number of azo groups is 1. The lowest BCUT2D eigenvalue weighted by Gasteiger charge is -2.23. The molecular weight excluding hydrogens is 334 g/mol. The van der Waals surface area contributed by atoms with Gasteiger partial charge in [-0.2, -0.15) is 0 Å². The van der Waals surface area contributed by atoms with Crippen molar-refractivity contribution in [3.63, 3.8) is 0 Å². The van der Waals surface area contributed by atoms with E-state index >= 15 is 0 Å². The summed E-state index contributed by atoms with van der Waals surface area (Å²) in [7, 11) is 0. The highest BCUT2D eigenvalue weighted by molar-refractivity contribution is 7.18. The van der Waals surface area contributed by atoms with Gasteiger partial charge in [0.15, 0.2) is 0 Å². The molecule has 0 aliphatic heterocycles. The number of aliphatic hydroxyl groups is 2. The standard InChI is InChI=1S/C14H17N5O4S/c1-10-8-11(18(4-6-20)5-7-21)2-3-12(10)16-17-14-15-9-13(24-14)19(22)23/h2-3,8-9,20-21H,4-7H2,1H3. The smallest absolute Gasteiger partial charge is 0.345 e. The third-order valence-electron chi connectivity index (χ3n) is 3.19. The molecule has 1 aromatic heterocycles. The summed E-state index contributed by atoms with van der Waals surface area (Å²) in [5.41, 5.74) is 2.33. The average molecular weight is 351 g/mol. The molecule has 0 aliphatic rings. The molecule has 1 aromatic carbocycles. The van der Waals surface area contributed by atoms with Gasteiger partial charge in [0, 0.05) is 18.8 Å². The van der Waals surface area contributed by atoms with Crippen molar-refractivity contribution in [2.75, 3.05) is 31.2 Å². The van der Waals surface area contributed by atoms with E-state index in [2.05, 4.69) is 15.2 Å². The molecule has 0 radical (unpaired) electrons. The van der Waals surface area contributed by atoms with Crippen LogP contribution in [-0.2, 0) is 0 Å². The van der Waals surface area contributed by atoms with E-state index in [0.717, 1.165) is 28.8 Å². The second-order valence-corrected chi connectivity index (χ2v) is 5.83. The minimum Gasteiger partial charge on any atom is -0.395 e. The Kier molecular flexibility index (Phi) is 6.29. The number of anilines is 1. The number of nitrogens with zero attached hydrogens (tertiary/aromatic N) is 5. The second-order valence-electron chi connectivity index (χ2n) is 4.84. The molecule has 0 spiro atoms. The predicted octanol–water partition coefficient (Wildman–Crippen LogP) is 2.57. The van der Waals surface area contributed by atoms with Gasteiger partial charge in [-0.1, -0.05) is 0 Å². The highest BCUT2D eigenvalue weighted by atomic mass is 32.1. The number of aryl methyl sites for hydroxylation is 1. The van der Waals surface area contributed by atoms with Crippen LogP contribution in [0.15, 0.2) is 34.6 Å². The fourth-order valence-electron chi connectivity index (χ4n) is 2.04. The van der Waals surface area contributed by atoms with Crippen LogP contribution in [0.5, 0.6) is 0 Å². The van der Waals surface area contributed by atoms with Gasteiger partial charge in [-0.25, -0.2) is 4.98 Å². The van der Waals surface area contributed by atoms with Crippen LogP contribution in [-0.4, -0.2) is 46.4 Å². The van der Waals surface area contributed by atoms with Gasteiger partial charge >= 0.3 is 5.00 Å². The fraction of sp³-hybridized carbons (Fsp3) is 0.357. The summed E-state index contributed by atoms with van der Waals surface area (Å²) >= 11 is 0.853. The number of thiazole rings is 1. The summed E-state index contributed by atoms with van der Waals surface area (Å²) in [5.74, 6) is 0. The zero-order valence-corrected chi connectivity index (χ0v) is 13.8. The summed E-state index contributed by atoms with van der Waals surface area (Å²) in [5, 5.41) is 36.9. The molecule has 0 unspecified atom stereocenters. The molecule has 0 amide bonds. The summed E-state index contributed by atoms with van der Waals surface area (Å²) < 4.78 is 0. The SMILES string of the molecule is Cc1cc(N(CCO)CCO)ccc1N=Nc1ncc([N+](=O)[O-])s1. The molecule has 128 valence electrons. The molecule has 0 saturated carbocycles. The number of aromatic nitrogens is 1. The van der Waals surface area contributed by atoms with Crippen molar-refractivity contribution in [2.24, 2.45) is 10.2 Å². The Hall–Kier alpha value is -2.43. The Morgan fingerprint density at radius 3 is 2.54 bits per heavy atom. The van der Waals surface area contributed by atoms with Crippen LogP contribution < -0.4 is 4.90 Å². The molecule has 24 heavy (non-hydrogen) atoms. The lowest BCUT2D eigenvalue weighted by atomic mass is 10.1. The maximum Gasteiger partial charge on any atom is 0.345 e. The lowest BCUT2D eigenvalue weighted by Crippen LogP contribution is -2.29. The normalized spacial score (nSPS) is 11.1. The molecule has 0 atom stereocenters. The molecular formula is C14H17N5O4S. The Morgan fingerprint density at radius 2 is 2.00 bits per heavy atom. The maximum absolute atomic E-state index is 10.6. The van der Waals surface area contributed by atoms with Gasteiger partial charge in [0.1, 0.15) is 6.20 Å². The van der Waals surface area contributed by atoms with Gasteiger partial charge < -0.3 is 15.1 Å². The van der Waals surface area contributed by atoms with Crippen LogP contribution in [0.4, 0.5) is 21.5 Å². The third-order valence-corrected chi connectivity index (χ3v) is 4.02. The van der Waals surface area contributed by atoms with Crippen molar-refractivity contribution in [3.8, 4) is 0 Å². The Morgan fingerprint density at radius 1 is 1.29 bits per heavy atom. The summed E-state index contributed by atoms with van der Waals surface area (Å²) in [4.78, 5) is 15.8. The van der Waals surface area contributed by atoms with E-state index in [0.29, 0.717) is 18.8 Å². The largest absolute Gasteiger partial charge is 0.395 e. The molecule has 10 heteroatoms. The van der Waals surface area contributed by atoms with Crippen molar-refractivity contribution < 1.29 is 15.1 Å². The number of hydrogen-bond donors (Lipinski definition) is 2.